The van der Waals surface area contributed by atoms with Crippen molar-refractivity contribution in [1.29, 1.82) is 0 Å². The molecule has 0 aromatic rings. The van der Waals surface area contributed by atoms with Gasteiger partial charge in [0.1, 0.15) is 0 Å². The van der Waals surface area contributed by atoms with E-state index in [1.807, 2.05) is 13.8 Å². The Hall–Kier alpha value is -1.30. The molecule has 0 N–H and O–H groups in total. The van der Waals surface area contributed by atoms with Gasteiger partial charge in [0, 0.05) is 25.3 Å². The number of thiocarbonyl (C=S) groups is 1. The van der Waals surface area contributed by atoms with Crippen molar-refractivity contribution >= 4 is 34.9 Å². The Kier molecular flexibility index (Phi) is 6.27. The van der Waals surface area contributed by atoms with Crippen molar-refractivity contribution < 1.29 is 9.59 Å². The maximum Gasteiger partial charge on any atom is 0.247 e. The molecule has 2 fully saturated rings. The predicted octanol–water partition coefficient (Wildman–Crippen LogP) is 2.64. The van der Waals surface area contributed by atoms with Crippen LogP contribution in [0.25, 0.3) is 0 Å². The first-order valence-corrected chi connectivity index (χ1v) is 9.09. The Morgan fingerprint density at radius 3 is 2.09 bits per heavy atom. The van der Waals surface area contributed by atoms with E-state index in [1.165, 1.54) is 41.9 Å². The van der Waals surface area contributed by atoms with E-state index in [2.05, 4.69) is 4.99 Å². The summed E-state index contributed by atoms with van der Waals surface area (Å²) in [7, 11) is 0. The third-order valence-corrected chi connectivity index (χ3v) is 5.30. The molecule has 0 atom stereocenters. The smallest absolute Gasteiger partial charge is 0.247 e. The Balaban J connectivity index is 2.15. The molecule has 0 aromatic carbocycles. The van der Waals surface area contributed by atoms with E-state index in [0.717, 1.165) is 6.54 Å². The second-order valence-electron chi connectivity index (χ2n) is 6.37. The third-order valence-electron chi connectivity index (χ3n) is 4.86. The summed E-state index contributed by atoms with van der Waals surface area (Å²) in [5.41, 5.74) is 0.630. The van der Waals surface area contributed by atoms with E-state index in [1.54, 1.807) is 6.92 Å². The molecule has 0 spiro atoms. The van der Waals surface area contributed by atoms with Crippen LogP contribution in [0.4, 0.5) is 0 Å². The lowest BCUT2D eigenvalue weighted by molar-refractivity contribution is -0.143. The van der Waals surface area contributed by atoms with Gasteiger partial charge in [-0.2, -0.15) is 0 Å². The fraction of sp³-hybridized carbons (Fsp3) is 0.765. The number of amides is 2. The van der Waals surface area contributed by atoms with Gasteiger partial charge < -0.3 is 0 Å². The molecule has 1 heterocycles. The monoisotopic (exact) mass is 337 g/mol. The van der Waals surface area contributed by atoms with Gasteiger partial charge in [-0.15, -0.1) is 0 Å². The molecule has 0 aromatic heterocycles. The molecule has 2 rings (SSSR count). The number of hydrogen-bond acceptors (Lipinski definition) is 4. The lowest BCUT2D eigenvalue weighted by atomic mass is 9.89. The van der Waals surface area contributed by atoms with E-state index in [9.17, 15) is 9.59 Å². The van der Waals surface area contributed by atoms with E-state index >= 15 is 0 Å². The zero-order valence-corrected chi connectivity index (χ0v) is 15.2. The summed E-state index contributed by atoms with van der Waals surface area (Å²) in [6.07, 6.45) is 6.25. The van der Waals surface area contributed by atoms with Gasteiger partial charge in [-0.05, 0) is 51.7 Å². The number of carbonyl (C=O) groups is 2. The minimum atomic E-state index is -0.801. The molecule has 0 unspecified atom stereocenters. The normalized spacial score (nSPS) is 22.2. The number of rotatable bonds is 5. The first-order chi connectivity index (χ1) is 11.0. The van der Waals surface area contributed by atoms with Crippen LogP contribution in [-0.2, 0) is 9.59 Å². The van der Waals surface area contributed by atoms with Gasteiger partial charge >= 0.3 is 0 Å². The van der Waals surface area contributed by atoms with Crippen molar-refractivity contribution in [2.45, 2.75) is 52.9 Å². The van der Waals surface area contributed by atoms with Crippen LogP contribution >= 0.6 is 12.2 Å². The molecule has 2 amide bonds. The number of aliphatic imine (C=N–C) groups is 1. The van der Waals surface area contributed by atoms with Crippen molar-refractivity contribution in [3.8, 4) is 0 Å². The van der Waals surface area contributed by atoms with Crippen LogP contribution in [0.3, 0.4) is 0 Å². The molecular weight excluding hydrogens is 310 g/mol. The molecule has 0 radical (unpaired) electrons. The summed E-state index contributed by atoms with van der Waals surface area (Å²) in [5.74, 6) is -0.655. The van der Waals surface area contributed by atoms with E-state index in [4.69, 9.17) is 12.2 Å². The van der Waals surface area contributed by atoms with Crippen LogP contribution in [0.5, 0.6) is 0 Å². The largest absolute Gasteiger partial charge is 0.293 e. The van der Waals surface area contributed by atoms with E-state index < -0.39 is 5.92 Å². The minimum Gasteiger partial charge on any atom is -0.293 e. The summed E-state index contributed by atoms with van der Waals surface area (Å²) in [4.78, 5) is 32.9. The average molecular weight is 337 g/mol. The molecule has 5 nitrogen and oxygen atoms in total. The van der Waals surface area contributed by atoms with Gasteiger partial charge in [0.2, 0.25) is 11.8 Å². The quantitative estimate of drug-likeness (QED) is 0.440. The van der Waals surface area contributed by atoms with Gasteiger partial charge in [-0.1, -0.05) is 19.3 Å². The highest BCUT2D eigenvalue weighted by Crippen LogP contribution is 2.25. The Morgan fingerprint density at radius 1 is 1.09 bits per heavy atom. The van der Waals surface area contributed by atoms with Crippen molar-refractivity contribution in [3.63, 3.8) is 0 Å². The summed E-state index contributed by atoms with van der Waals surface area (Å²) in [6, 6.07) is 0. The highest BCUT2D eigenvalue weighted by atomic mass is 32.1. The van der Waals surface area contributed by atoms with Crippen LogP contribution < -0.4 is 0 Å². The Bertz CT molecular complexity index is 486. The standard InChI is InChI=1S/C17H27N3O2S/c1-4-19-15(21)14(16(22)20(5-2)17(19)23)12(3)18-11-13-9-7-6-8-10-13/h13-14H,4-11H2,1-3H3. The minimum absolute atomic E-state index is 0.225. The third kappa shape index (κ3) is 3.79. The number of carbonyl (C=O) groups excluding carboxylic acids is 2. The summed E-state index contributed by atoms with van der Waals surface area (Å²) in [5, 5.41) is 0.321. The fourth-order valence-corrected chi connectivity index (χ4v) is 3.86. The van der Waals surface area contributed by atoms with E-state index in [0.29, 0.717) is 29.8 Å². The van der Waals surface area contributed by atoms with Gasteiger partial charge in [0.05, 0.1) is 0 Å². The molecule has 1 aliphatic heterocycles. The zero-order chi connectivity index (χ0) is 17.0. The summed E-state index contributed by atoms with van der Waals surface area (Å²) < 4.78 is 0. The maximum absolute atomic E-state index is 12.6. The topological polar surface area (TPSA) is 53.0 Å². The number of nitrogens with zero attached hydrogens (tertiary/aromatic N) is 3. The SMILES string of the molecule is CCN1C(=O)C(C(C)=NCC2CCCCC2)C(=O)N(CC)C1=S. The van der Waals surface area contributed by atoms with Crippen LogP contribution in [0.15, 0.2) is 4.99 Å². The highest BCUT2D eigenvalue weighted by molar-refractivity contribution is 7.80. The zero-order valence-electron chi connectivity index (χ0n) is 14.4. The highest BCUT2D eigenvalue weighted by Gasteiger charge is 2.43. The second kappa shape index (κ2) is 7.99. The van der Waals surface area contributed by atoms with Crippen molar-refractivity contribution in [1.82, 2.24) is 9.80 Å². The second-order valence-corrected chi connectivity index (χ2v) is 6.73. The lowest BCUT2D eigenvalue weighted by Gasteiger charge is -2.38. The van der Waals surface area contributed by atoms with Crippen molar-refractivity contribution in [3.05, 3.63) is 0 Å². The van der Waals surface area contributed by atoms with Crippen molar-refractivity contribution in [2.24, 2.45) is 16.8 Å². The van der Waals surface area contributed by atoms with Gasteiger partial charge in [-0.3, -0.25) is 24.4 Å². The molecular formula is C17H27N3O2S. The molecule has 1 saturated carbocycles. The van der Waals surface area contributed by atoms with Gasteiger partial charge in [0.25, 0.3) is 0 Å². The molecule has 1 saturated heterocycles. The Labute approximate surface area is 144 Å². The first kappa shape index (κ1) is 18.0. The summed E-state index contributed by atoms with van der Waals surface area (Å²) >= 11 is 5.28. The molecule has 1 aliphatic carbocycles. The average Bonchev–Trinajstić information content (AvgIpc) is 2.54. The van der Waals surface area contributed by atoms with E-state index in [-0.39, 0.29) is 11.8 Å². The molecule has 2 aliphatic rings. The molecule has 23 heavy (non-hydrogen) atoms. The first-order valence-electron chi connectivity index (χ1n) is 8.68. The summed E-state index contributed by atoms with van der Waals surface area (Å²) in [6.45, 7) is 7.24. The van der Waals surface area contributed by atoms with Gasteiger partial charge in [0.15, 0.2) is 11.0 Å². The van der Waals surface area contributed by atoms with Crippen LogP contribution in [0, 0.1) is 11.8 Å². The lowest BCUT2D eigenvalue weighted by Crippen LogP contribution is -2.60. The van der Waals surface area contributed by atoms with Gasteiger partial charge in [-0.25, -0.2) is 0 Å². The molecule has 6 heteroatoms. The van der Waals surface area contributed by atoms with Crippen molar-refractivity contribution in [2.75, 3.05) is 19.6 Å². The van der Waals surface area contributed by atoms with Crippen LogP contribution in [0.1, 0.15) is 52.9 Å². The maximum atomic E-state index is 12.6. The van der Waals surface area contributed by atoms with Crippen LogP contribution in [-0.4, -0.2) is 52.1 Å². The molecule has 0 bridgehead atoms. The Morgan fingerprint density at radius 2 is 1.61 bits per heavy atom. The fourth-order valence-electron chi connectivity index (χ4n) is 3.43. The number of hydrogen-bond donors (Lipinski definition) is 0. The predicted molar refractivity (Wildman–Crippen MR) is 95.4 cm³/mol. The molecule has 128 valence electrons. The van der Waals surface area contributed by atoms with Crippen LogP contribution in [0.2, 0.25) is 0 Å².